The maximum atomic E-state index is 13.7. The average molecular weight is 660 g/mol. The zero-order valence-corrected chi connectivity index (χ0v) is 24.7. The zero-order valence-electron chi connectivity index (χ0n) is 21.6. The van der Waals surface area contributed by atoms with Crippen molar-refractivity contribution in [1.82, 2.24) is 24.8 Å². The molecule has 1 fully saturated rings. The highest BCUT2D eigenvalue weighted by Gasteiger charge is 2.40. The van der Waals surface area contributed by atoms with Crippen molar-refractivity contribution in [3.05, 3.63) is 33.8 Å². The Kier molecular flexibility index (Phi) is 8.76. The van der Waals surface area contributed by atoms with Crippen LogP contribution in [-0.4, -0.2) is 71.0 Å². The Morgan fingerprint density at radius 3 is 2.39 bits per heavy atom. The number of sulfonamides is 1. The minimum atomic E-state index is -4.85. The van der Waals surface area contributed by atoms with Gasteiger partial charge < -0.3 is 14.4 Å². The number of nitrogens with one attached hydrogen (secondary N) is 1. The van der Waals surface area contributed by atoms with Gasteiger partial charge in [-0.05, 0) is 39.7 Å². The van der Waals surface area contributed by atoms with E-state index in [2.05, 4.69) is 15.2 Å². The van der Waals surface area contributed by atoms with Crippen molar-refractivity contribution in [3.63, 3.8) is 0 Å². The third-order valence-corrected chi connectivity index (χ3v) is 9.73. The summed E-state index contributed by atoms with van der Waals surface area (Å²) in [5, 5.41) is 16.9. The molecule has 0 bridgehead atoms. The van der Waals surface area contributed by atoms with Gasteiger partial charge in [-0.2, -0.15) is 17.9 Å². The topological polar surface area (TPSA) is 139 Å². The first-order valence-corrected chi connectivity index (χ1v) is 15.0. The van der Waals surface area contributed by atoms with Gasteiger partial charge >= 0.3 is 6.18 Å². The van der Waals surface area contributed by atoms with Gasteiger partial charge in [0.2, 0.25) is 15.9 Å². The fraction of sp³-hybridized carbons (Fsp3) is 0.478. The van der Waals surface area contributed by atoms with Crippen LogP contribution in [0.3, 0.4) is 0 Å². The number of amides is 1. The monoisotopic (exact) mass is 659 g/mol. The number of nitrogens with zero attached hydrogens (tertiary/aromatic N) is 4. The normalized spacial score (nSPS) is 16.3. The maximum absolute atomic E-state index is 13.7. The van der Waals surface area contributed by atoms with Crippen LogP contribution in [-0.2, 0) is 15.6 Å². The van der Waals surface area contributed by atoms with E-state index in [0.717, 1.165) is 17.4 Å². The lowest BCUT2D eigenvalue weighted by atomic mass is 10.1. The fourth-order valence-electron chi connectivity index (χ4n) is 3.77. The van der Waals surface area contributed by atoms with Gasteiger partial charge in [-0.3, -0.25) is 4.79 Å². The van der Waals surface area contributed by atoms with E-state index in [1.54, 1.807) is 0 Å². The Hall–Kier alpha value is -2.37. The average Bonchev–Trinajstić information content (AvgIpc) is 3.52. The van der Waals surface area contributed by atoms with E-state index in [9.17, 15) is 35.9 Å². The zero-order chi connectivity index (χ0) is 30.5. The van der Waals surface area contributed by atoms with Gasteiger partial charge in [-0.15, -0.1) is 21.5 Å². The van der Waals surface area contributed by atoms with Gasteiger partial charge in [-0.25, -0.2) is 17.8 Å². The van der Waals surface area contributed by atoms with E-state index >= 15 is 0 Å². The van der Waals surface area contributed by atoms with Crippen LogP contribution >= 0.6 is 34.5 Å². The Morgan fingerprint density at radius 1 is 1.20 bits per heavy atom. The number of hydrogen-bond donors (Lipinski definition) is 2. The predicted octanol–water partition coefficient (Wildman–Crippen LogP) is 5.20. The quantitative estimate of drug-likeness (QED) is 0.330. The third kappa shape index (κ3) is 6.67. The molecular formula is C23H23Cl2F4N5O5S2. The molecule has 4 rings (SSSR count). The second kappa shape index (κ2) is 11.4. The molecule has 0 radical (unpaired) electrons. The van der Waals surface area contributed by atoms with Crippen molar-refractivity contribution < 1.29 is 40.3 Å². The van der Waals surface area contributed by atoms with Crippen molar-refractivity contribution in [2.45, 2.75) is 62.5 Å². The molecule has 3 heterocycles. The molecule has 0 saturated carbocycles. The SMILES string of the molecule is C[C@H](NS(=O)(=O)c1ccc(-c2sc(-c3nnc(C(C)(C)O)o3)nc2C(=O)N2CCC(F)CC2)c(Cl)c1Cl)C(F)(F)F. The molecule has 0 spiro atoms. The van der Waals surface area contributed by atoms with Crippen LogP contribution < -0.4 is 4.72 Å². The number of benzene rings is 1. The van der Waals surface area contributed by atoms with E-state index in [4.69, 9.17) is 27.6 Å². The molecule has 0 aliphatic carbocycles. The molecule has 1 amide bonds. The first kappa shape index (κ1) is 31.6. The highest BCUT2D eigenvalue weighted by Crippen LogP contribution is 2.44. The molecule has 224 valence electrons. The lowest BCUT2D eigenvalue weighted by Crippen LogP contribution is -2.43. The summed E-state index contributed by atoms with van der Waals surface area (Å²) in [5.41, 5.74) is -1.58. The van der Waals surface area contributed by atoms with Gasteiger partial charge in [0.1, 0.15) is 28.4 Å². The van der Waals surface area contributed by atoms with Crippen LogP contribution in [0.4, 0.5) is 17.6 Å². The second-order valence-electron chi connectivity index (χ2n) is 9.76. The molecule has 2 N–H and O–H groups in total. The van der Waals surface area contributed by atoms with Gasteiger partial charge in [0.25, 0.3) is 11.8 Å². The van der Waals surface area contributed by atoms with Gasteiger partial charge in [-0.1, -0.05) is 29.3 Å². The number of carbonyl (C=O) groups is 1. The summed E-state index contributed by atoms with van der Waals surface area (Å²) in [5.74, 6) is -0.846. The molecule has 1 saturated heterocycles. The molecule has 1 aromatic carbocycles. The lowest BCUT2D eigenvalue weighted by molar-refractivity contribution is -0.147. The van der Waals surface area contributed by atoms with Crippen LogP contribution in [0.1, 0.15) is 50.0 Å². The van der Waals surface area contributed by atoms with E-state index in [-0.39, 0.29) is 63.9 Å². The molecule has 2 aromatic heterocycles. The Labute approximate surface area is 245 Å². The summed E-state index contributed by atoms with van der Waals surface area (Å²) >= 11 is 13.6. The van der Waals surface area contributed by atoms with Crippen molar-refractivity contribution in [3.8, 4) is 21.3 Å². The number of rotatable bonds is 7. The van der Waals surface area contributed by atoms with Crippen LogP contribution in [0.25, 0.3) is 21.3 Å². The predicted molar refractivity (Wildman–Crippen MR) is 142 cm³/mol. The van der Waals surface area contributed by atoms with Gasteiger partial charge in [0.05, 0.1) is 14.9 Å². The van der Waals surface area contributed by atoms with Crippen LogP contribution in [0.5, 0.6) is 0 Å². The van der Waals surface area contributed by atoms with Crippen LogP contribution in [0.15, 0.2) is 21.4 Å². The molecule has 3 aromatic rings. The van der Waals surface area contributed by atoms with Crippen molar-refractivity contribution in [2.24, 2.45) is 0 Å². The van der Waals surface area contributed by atoms with Gasteiger partial charge in [0, 0.05) is 18.7 Å². The molecular weight excluding hydrogens is 637 g/mol. The summed E-state index contributed by atoms with van der Waals surface area (Å²) < 4.78 is 85.1. The Morgan fingerprint density at radius 2 is 1.83 bits per heavy atom. The van der Waals surface area contributed by atoms with Crippen molar-refractivity contribution >= 4 is 50.5 Å². The molecule has 41 heavy (non-hydrogen) atoms. The van der Waals surface area contributed by atoms with E-state index in [0.29, 0.717) is 6.92 Å². The molecule has 0 unspecified atom stereocenters. The number of alkyl halides is 4. The van der Waals surface area contributed by atoms with E-state index < -0.39 is 49.8 Å². The Bertz CT molecular complexity index is 1570. The minimum absolute atomic E-state index is 0.0502. The van der Waals surface area contributed by atoms with E-state index in [1.807, 2.05) is 0 Å². The highest BCUT2D eigenvalue weighted by molar-refractivity contribution is 7.89. The number of aliphatic hydroxyl groups is 1. The molecule has 1 aliphatic rings. The molecule has 18 heteroatoms. The third-order valence-electron chi connectivity index (χ3n) is 6.08. The summed E-state index contributed by atoms with van der Waals surface area (Å²) in [6.45, 7) is 3.70. The molecule has 1 aliphatic heterocycles. The first-order chi connectivity index (χ1) is 18.9. The number of thiazole rings is 1. The number of hydrogen-bond acceptors (Lipinski definition) is 9. The van der Waals surface area contributed by atoms with Crippen molar-refractivity contribution in [1.29, 1.82) is 0 Å². The standard InChI is InChI=1S/C23H23Cl2F4N5O5S2/c1-10(23(27,28)29)33-41(37,38)13-5-4-12(14(24)15(13)25)17-16(20(35)34-8-6-11(26)7-9-34)30-19(40-17)18-31-32-21(39-18)22(2,3)36/h4-5,10-11,33,36H,6-9H2,1-3H3/t10-/m0/s1. The summed E-state index contributed by atoms with van der Waals surface area (Å²) in [6, 6.07) is -0.276. The van der Waals surface area contributed by atoms with Crippen LogP contribution in [0, 0.1) is 0 Å². The number of piperidine rings is 1. The lowest BCUT2D eigenvalue weighted by Gasteiger charge is -2.28. The maximum Gasteiger partial charge on any atom is 0.404 e. The van der Waals surface area contributed by atoms with Crippen LogP contribution in [0.2, 0.25) is 10.0 Å². The van der Waals surface area contributed by atoms with Gasteiger partial charge in [0.15, 0.2) is 5.01 Å². The number of likely N-dealkylation sites (tertiary alicyclic amines) is 1. The highest BCUT2D eigenvalue weighted by atomic mass is 35.5. The Balaban J connectivity index is 1.80. The number of halogens is 6. The second-order valence-corrected chi connectivity index (χ2v) is 13.2. The minimum Gasteiger partial charge on any atom is -0.415 e. The smallest absolute Gasteiger partial charge is 0.404 e. The number of aromatic nitrogens is 3. The molecule has 1 atom stereocenters. The summed E-state index contributed by atoms with van der Waals surface area (Å²) in [6.07, 6.45) is -5.66. The summed E-state index contributed by atoms with van der Waals surface area (Å²) in [4.78, 5) is 18.7. The van der Waals surface area contributed by atoms with E-state index in [1.165, 1.54) is 29.5 Å². The summed E-state index contributed by atoms with van der Waals surface area (Å²) in [7, 11) is -4.76. The number of carbonyl (C=O) groups excluding carboxylic acids is 1. The first-order valence-electron chi connectivity index (χ1n) is 12.0. The largest absolute Gasteiger partial charge is 0.415 e. The fourth-order valence-corrected chi connectivity index (χ4v) is 6.94. The van der Waals surface area contributed by atoms with Crippen molar-refractivity contribution in [2.75, 3.05) is 13.1 Å². The molecule has 10 nitrogen and oxygen atoms in total.